The standard InChI is InChI=1S/C8H14O/c1-6(2)3-7-4-8(7)5-9/h3,7-9H,4-5H2,1-2H3. The predicted octanol–water partition coefficient (Wildman–Crippen LogP) is 1.58. The molecule has 0 aromatic heterocycles. The second-order valence-corrected chi connectivity index (χ2v) is 3.09. The van der Waals surface area contributed by atoms with Crippen LogP contribution in [0.1, 0.15) is 20.3 Å². The molecule has 1 fully saturated rings. The third-order valence-electron chi connectivity index (χ3n) is 1.76. The number of allylic oxidation sites excluding steroid dienone is 2. The van der Waals surface area contributed by atoms with E-state index in [4.69, 9.17) is 5.11 Å². The van der Waals surface area contributed by atoms with Crippen LogP contribution in [0.2, 0.25) is 0 Å². The maximum absolute atomic E-state index is 8.66. The number of hydrogen-bond acceptors (Lipinski definition) is 1. The third kappa shape index (κ3) is 1.83. The average molecular weight is 126 g/mol. The summed E-state index contributed by atoms with van der Waals surface area (Å²) in [5.74, 6) is 1.28. The van der Waals surface area contributed by atoms with Gasteiger partial charge in [-0.2, -0.15) is 0 Å². The van der Waals surface area contributed by atoms with Gasteiger partial charge in [-0.15, -0.1) is 0 Å². The summed E-state index contributed by atoms with van der Waals surface area (Å²) in [4.78, 5) is 0. The molecule has 2 atom stereocenters. The van der Waals surface area contributed by atoms with Gasteiger partial charge >= 0.3 is 0 Å². The SMILES string of the molecule is CC(C)=CC1CC1CO. The second-order valence-electron chi connectivity index (χ2n) is 3.09. The molecule has 1 aliphatic rings. The Morgan fingerprint density at radius 2 is 2.33 bits per heavy atom. The number of aliphatic hydroxyl groups is 1. The molecule has 1 N–H and O–H groups in total. The molecule has 0 amide bonds. The van der Waals surface area contributed by atoms with Crippen molar-refractivity contribution in [1.82, 2.24) is 0 Å². The highest BCUT2D eigenvalue weighted by molar-refractivity contribution is 5.06. The Morgan fingerprint density at radius 3 is 2.67 bits per heavy atom. The molecule has 0 spiro atoms. The van der Waals surface area contributed by atoms with E-state index >= 15 is 0 Å². The molecule has 1 aliphatic carbocycles. The van der Waals surface area contributed by atoms with Crippen molar-refractivity contribution in [2.24, 2.45) is 11.8 Å². The summed E-state index contributed by atoms with van der Waals surface area (Å²) in [5, 5.41) is 8.66. The first kappa shape index (κ1) is 6.81. The molecule has 0 saturated heterocycles. The van der Waals surface area contributed by atoms with Crippen LogP contribution in [0.4, 0.5) is 0 Å². The van der Waals surface area contributed by atoms with Gasteiger partial charge in [-0.05, 0) is 32.1 Å². The van der Waals surface area contributed by atoms with Gasteiger partial charge in [0.1, 0.15) is 0 Å². The van der Waals surface area contributed by atoms with Gasteiger partial charge in [0, 0.05) is 6.61 Å². The first-order chi connectivity index (χ1) is 4.24. The van der Waals surface area contributed by atoms with Crippen molar-refractivity contribution in [3.05, 3.63) is 11.6 Å². The Labute approximate surface area is 56.4 Å². The first-order valence-electron chi connectivity index (χ1n) is 3.50. The Hall–Kier alpha value is -0.300. The molecule has 0 heterocycles. The summed E-state index contributed by atoms with van der Waals surface area (Å²) >= 11 is 0. The summed E-state index contributed by atoms with van der Waals surface area (Å²) in [6.07, 6.45) is 3.45. The number of hydrogen-bond donors (Lipinski definition) is 1. The van der Waals surface area contributed by atoms with Crippen LogP contribution in [-0.2, 0) is 0 Å². The van der Waals surface area contributed by atoms with Crippen LogP contribution >= 0.6 is 0 Å². The number of rotatable bonds is 2. The normalized spacial score (nSPS) is 31.9. The minimum atomic E-state index is 0.369. The van der Waals surface area contributed by atoms with E-state index in [-0.39, 0.29) is 0 Å². The van der Waals surface area contributed by atoms with Gasteiger partial charge in [0.2, 0.25) is 0 Å². The number of aliphatic hydroxyl groups excluding tert-OH is 1. The summed E-state index contributed by atoms with van der Waals surface area (Å²) in [7, 11) is 0. The summed E-state index contributed by atoms with van der Waals surface area (Å²) in [5.41, 5.74) is 1.37. The Bertz CT molecular complexity index is 123. The van der Waals surface area contributed by atoms with Gasteiger partial charge in [-0.3, -0.25) is 0 Å². The van der Waals surface area contributed by atoms with E-state index in [0.29, 0.717) is 18.4 Å². The predicted molar refractivity (Wildman–Crippen MR) is 38.1 cm³/mol. The molecular formula is C8H14O. The monoisotopic (exact) mass is 126 g/mol. The minimum Gasteiger partial charge on any atom is -0.396 e. The van der Waals surface area contributed by atoms with Crippen molar-refractivity contribution in [1.29, 1.82) is 0 Å². The molecule has 9 heavy (non-hydrogen) atoms. The highest BCUT2D eigenvalue weighted by atomic mass is 16.3. The zero-order valence-corrected chi connectivity index (χ0v) is 6.09. The average Bonchev–Trinajstić information content (AvgIpc) is 2.45. The molecule has 1 saturated carbocycles. The van der Waals surface area contributed by atoms with Crippen LogP contribution in [0.25, 0.3) is 0 Å². The fourth-order valence-corrected chi connectivity index (χ4v) is 1.11. The molecule has 0 radical (unpaired) electrons. The van der Waals surface area contributed by atoms with Crippen molar-refractivity contribution in [2.45, 2.75) is 20.3 Å². The lowest BCUT2D eigenvalue weighted by Crippen LogP contribution is -1.85. The van der Waals surface area contributed by atoms with Gasteiger partial charge in [0.25, 0.3) is 0 Å². The van der Waals surface area contributed by atoms with Crippen LogP contribution in [0.5, 0.6) is 0 Å². The van der Waals surface area contributed by atoms with Crippen LogP contribution in [0, 0.1) is 11.8 Å². The Kier molecular flexibility index (Phi) is 1.91. The van der Waals surface area contributed by atoms with Crippen LogP contribution in [0.3, 0.4) is 0 Å². The molecule has 0 bridgehead atoms. The van der Waals surface area contributed by atoms with Gasteiger partial charge < -0.3 is 5.11 Å². The van der Waals surface area contributed by atoms with Crippen LogP contribution in [-0.4, -0.2) is 11.7 Å². The van der Waals surface area contributed by atoms with Gasteiger partial charge in [0.05, 0.1) is 0 Å². The quantitative estimate of drug-likeness (QED) is 0.557. The molecule has 0 aromatic rings. The molecular weight excluding hydrogens is 112 g/mol. The van der Waals surface area contributed by atoms with Crippen molar-refractivity contribution in [2.75, 3.05) is 6.61 Å². The zero-order valence-electron chi connectivity index (χ0n) is 6.09. The lowest BCUT2D eigenvalue weighted by atomic mass is 10.2. The molecule has 2 unspecified atom stereocenters. The summed E-state index contributed by atoms with van der Waals surface area (Å²) in [6.45, 7) is 4.58. The van der Waals surface area contributed by atoms with E-state index in [9.17, 15) is 0 Å². The topological polar surface area (TPSA) is 20.2 Å². The highest BCUT2D eigenvalue weighted by Gasteiger charge is 2.33. The van der Waals surface area contributed by atoms with Crippen LogP contribution in [0.15, 0.2) is 11.6 Å². The van der Waals surface area contributed by atoms with Crippen molar-refractivity contribution >= 4 is 0 Å². The molecule has 1 rings (SSSR count). The van der Waals surface area contributed by atoms with Gasteiger partial charge in [-0.1, -0.05) is 11.6 Å². The van der Waals surface area contributed by atoms with Crippen molar-refractivity contribution < 1.29 is 5.11 Å². The smallest absolute Gasteiger partial charge is 0.0465 e. The van der Waals surface area contributed by atoms with Gasteiger partial charge in [0.15, 0.2) is 0 Å². The third-order valence-corrected chi connectivity index (χ3v) is 1.76. The highest BCUT2D eigenvalue weighted by Crippen LogP contribution is 2.39. The zero-order chi connectivity index (χ0) is 6.85. The summed E-state index contributed by atoms with van der Waals surface area (Å²) < 4.78 is 0. The van der Waals surface area contributed by atoms with E-state index < -0.39 is 0 Å². The molecule has 0 aliphatic heterocycles. The van der Waals surface area contributed by atoms with E-state index in [1.54, 1.807) is 0 Å². The largest absolute Gasteiger partial charge is 0.396 e. The molecule has 52 valence electrons. The summed E-state index contributed by atoms with van der Waals surface area (Å²) in [6, 6.07) is 0. The van der Waals surface area contributed by atoms with E-state index in [0.717, 1.165) is 0 Å². The van der Waals surface area contributed by atoms with Crippen molar-refractivity contribution in [3.63, 3.8) is 0 Å². The second kappa shape index (κ2) is 2.53. The lowest BCUT2D eigenvalue weighted by Gasteiger charge is -1.88. The van der Waals surface area contributed by atoms with E-state index in [1.165, 1.54) is 12.0 Å². The van der Waals surface area contributed by atoms with E-state index in [2.05, 4.69) is 19.9 Å². The molecule has 0 aromatic carbocycles. The molecule has 1 heteroatoms. The Morgan fingerprint density at radius 1 is 1.67 bits per heavy atom. The molecule has 1 nitrogen and oxygen atoms in total. The Balaban J connectivity index is 2.27. The maximum atomic E-state index is 8.66. The van der Waals surface area contributed by atoms with E-state index in [1.807, 2.05) is 0 Å². The van der Waals surface area contributed by atoms with Crippen LogP contribution < -0.4 is 0 Å². The fraction of sp³-hybridized carbons (Fsp3) is 0.750. The fourth-order valence-electron chi connectivity index (χ4n) is 1.11. The van der Waals surface area contributed by atoms with Gasteiger partial charge in [-0.25, -0.2) is 0 Å². The minimum absolute atomic E-state index is 0.369. The van der Waals surface area contributed by atoms with Crippen molar-refractivity contribution in [3.8, 4) is 0 Å². The maximum Gasteiger partial charge on any atom is 0.0465 e. The lowest BCUT2D eigenvalue weighted by molar-refractivity contribution is 0.272. The first-order valence-corrected chi connectivity index (χ1v) is 3.50.